The molecule has 1 fully saturated rings. The maximum atomic E-state index is 12.1. The van der Waals surface area contributed by atoms with Crippen molar-refractivity contribution < 1.29 is 19.4 Å². The predicted octanol–water partition coefficient (Wildman–Crippen LogP) is 2.48. The van der Waals surface area contributed by atoms with Gasteiger partial charge in [-0.2, -0.15) is 0 Å². The van der Waals surface area contributed by atoms with Gasteiger partial charge in [0, 0.05) is 17.3 Å². The van der Waals surface area contributed by atoms with E-state index in [0.717, 1.165) is 12.0 Å². The average molecular weight is 300 g/mol. The van der Waals surface area contributed by atoms with Gasteiger partial charge in [-0.05, 0) is 30.7 Å². The molecule has 6 heteroatoms. The van der Waals surface area contributed by atoms with E-state index in [1.165, 1.54) is 12.3 Å². The Balaban J connectivity index is 1.69. The molecule has 6 nitrogen and oxygen atoms in total. The summed E-state index contributed by atoms with van der Waals surface area (Å²) in [5, 5.41) is 12.2. The van der Waals surface area contributed by atoms with Crippen LogP contribution in [0.4, 0.5) is 5.82 Å². The Kier molecular flexibility index (Phi) is 4.32. The number of nitrogens with zero attached hydrogens (tertiary/aromatic N) is 1. The van der Waals surface area contributed by atoms with Gasteiger partial charge in [-0.1, -0.05) is 12.1 Å². The lowest BCUT2D eigenvalue weighted by Gasteiger charge is -2.23. The first-order chi connectivity index (χ1) is 10.7. The van der Waals surface area contributed by atoms with Crippen LogP contribution in [0.1, 0.15) is 28.6 Å². The van der Waals surface area contributed by atoms with E-state index in [1.54, 1.807) is 30.3 Å². The Hall–Kier alpha value is -2.44. The normalized spacial score (nSPS) is 15.5. The van der Waals surface area contributed by atoms with Crippen molar-refractivity contribution in [2.45, 2.75) is 12.7 Å². The highest BCUT2D eigenvalue weighted by Crippen LogP contribution is 2.24. The molecule has 0 saturated carbocycles. The highest BCUT2D eigenvalue weighted by atomic mass is 16.7. The number of aromatic nitrogens is 1. The lowest BCUT2D eigenvalue weighted by Crippen LogP contribution is -2.18. The second-order valence-electron chi connectivity index (χ2n) is 4.87. The van der Waals surface area contributed by atoms with Gasteiger partial charge in [0.05, 0.1) is 13.2 Å². The average Bonchev–Trinajstić information content (AvgIpc) is 2.58. The number of aromatic hydroxyl groups is 1. The summed E-state index contributed by atoms with van der Waals surface area (Å²) in [5.74, 6) is -0.280. The molecule has 0 spiro atoms. The molecule has 1 aliphatic rings. The summed E-state index contributed by atoms with van der Waals surface area (Å²) >= 11 is 0. The predicted molar refractivity (Wildman–Crippen MR) is 79.6 cm³/mol. The van der Waals surface area contributed by atoms with E-state index < -0.39 is 0 Å². The molecule has 0 bridgehead atoms. The summed E-state index contributed by atoms with van der Waals surface area (Å²) in [6.45, 7) is 1.34. The number of pyridine rings is 1. The van der Waals surface area contributed by atoms with Gasteiger partial charge in [0.2, 0.25) is 0 Å². The van der Waals surface area contributed by atoms with Gasteiger partial charge in [-0.25, -0.2) is 4.98 Å². The topological polar surface area (TPSA) is 80.7 Å². The molecule has 1 aromatic carbocycles. The van der Waals surface area contributed by atoms with Crippen LogP contribution < -0.4 is 5.32 Å². The second-order valence-corrected chi connectivity index (χ2v) is 4.87. The van der Waals surface area contributed by atoms with E-state index >= 15 is 0 Å². The van der Waals surface area contributed by atoms with Crippen molar-refractivity contribution in [3.63, 3.8) is 0 Å². The molecule has 0 aliphatic carbocycles. The van der Waals surface area contributed by atoms with Crippen molar-refractivity contribution in [1.82, 2.24) is 4.98 Å². The van der Waals surface area contributed by atoms with Crippen molar-refractivity contribution >= 4 is 11.7 Å². The summed E-state index contributed by atoms with van der Waals surface area (Å²) in [5.41, 5.74) is 1.33. The minimum absolute atomic E-state index is 0.0727. The van der Waals surface area contributed by atoms with E-state index in [4.69, 9.17) is 9.47 Å². The third-order valence-electron chi connectivity index (χ3n) is 3.29. The zero-order valence-corrected chi connectivity index (χ0v) is 11.9. The van der Waals surface area contributed by atoms with Gasteiger partial charge in [-0.15, -0.1) is 0 Å². The van der Waals surface area contributed by atoms with Crippen molar-refractivity contribution in [3.8, 4) is 5.75 Å². The molecule has 114 valence electrons. The number of carbonyl (C=O) groups is 1. The van der Waals surface area contributed by atoms with Crippen molar-refractivity contribution in [1.29, 1.82) is 0 Å². The Morgan fingerprint density at radius 2 is 1.91 bits per heavy atom. The summed E-state index contributed by atoms with van der Waals surface area (Å²) < 4.78 is 11.0. The van der Waals surface area contributed by atoms with Crippen molar-refractivity contribution in [3.05, 3.63) is 53.7 Å². The maximum Gasteiger partial charge on any atom is 0.256 e. The molecule has 2 heterocycles. The van der Waals surface area contributed by atoms with Crippen LogP contribution in [0.25, 0.3) is 0 Å². The molecule has 1 saturated heterocycles. The van der Waals surface area contributed by atoms with Crippen LogP contribution in [0.15, 0.2) is 42.6 Å². The fourth-order valence-electron chi connectivity index (χ4n) is 2.14. The van der Waals surface area contributed by atoms with Gasteiger partial charge in [0.1, 0.15) is 0 Å². The van der Waals surface area contributed by atoms with Crippen LogP contribution in [0.3, 0.4) is 0 Å². The molecule has 0 radical (unpaired) electrons. The molecule has 1 amide bonds. The zero-order valence-electron chi connectivity index (χ0n) is 11.9. The lowest BCUT2D eigenvalue weighted by atomic mass is 10.1. The van der Waals surface area contributed by atoms with Gasteiger partial charge < -0.3 is 19.9 Å². The smallest absolute Gasteiger partial charge is 0.256 e. The Morgan fingerprint density at radius 1 is 1.18 bits per heavy atom. The second kappa shape index (κ2) is 6.55. The third kappa shape index (κ3) is 3.24. The zero-order chi connectivity index (χ0) is 15.4. The lowest BCUT2D eigenvalue weighted by molar-refractivity contribution is -0.183. The Morgan fingerprint density at radius 3 is 2.59 bits per heavy atom. The fraction of sp³-hybridized carbons (Fsp3) is 0.250. The fourth-order valence-corrected chi connectivity index (χ4v) is 2.14. The maximum absolute atomic E-state index is 12.1. The number of ether oxygens (including phenoxy) is 2. The molecule has 1 aliphatic heterocycles. The minimum atomic E-state index is -0.370. The van der Waals surface area contributed by atoms with Crippen molar-refractivity contribution in [2.75, 3.05) is 18.5 Å². The molecule has 0 atom stereocenters. The summed E-state index contributed by atoms with van der Waals surface area (Å²) in [7, 11) is 0. The molecule has 22 heavy (non-hydrogen) atoms. The van der Waals surface area contributed by atoms with Crippen LogP contribution in [0.2, 0.25) is 0 Å². The van der Waals surface area contributed by atoms with E-state index in [1.807, 2.05) is 0 Å². The largest absolute Gasteiger partial charge is 0.504 e. The highest BCUT2D eigenvalue weighted by Gasteiger charge is 2.17. The number of hydrogen-bond acceptors (Lipinski definition) is 5. The Bertz CT molecular complexity index is 651. The van der Waals surface area contributed by atoms with Crippen molar-refractivity contribution in [2.24, 2.45) is 0 Å². The summed E-state index contributed by atoms with van der Waals surface area (Å²) in [6, 6.07) is 10.0. The molecule has 0 unspecified atom stereocenters. The first-order valence-corrected chi connectivity index (χ1v) is 7.02. The van der Waals surface area contributed by atoms with Crippen LogP contribution in [0, 0.1) is 0 Å². The molecule has 2 aromatic rings. The number of hydrogen-bond donors (Lipinski definition) is 2. The first-order valence-electron chi connectivity index (χ1n) is 7.02. The standard InChI is InChI=1S/C16H16N2O4/c19-13-3-1-8-17-14(13)18-15(20)11-4-6-12(7-5-11)16-21-9-2-10-22-16/h1,3-8,16,19H,2,9-10H2,(H,17,18,20). The monoisotopic (exact) mass is 300 g/mol. The molecular weight excluding hydrogens is 284 g/mol. The van der Waals surface area contributed by atoms with Gasteiger partial charge >= 0.3 is 0 Å². The van der Waals surface area contributed by atoms with Crippen LogP contribution in [0.5, 0.6) is 5.75 Å². The van der Waals surface area contributed by atoms with Gasteiger partial charge in [0.15, 0.2) is 17.9 Å². The summed E-state index contributed by atoms with van der Waals surface area (Å²) in [6.07, 6.45) is 2.02. The highest BCUT2D eigenvalue weighted by molar-refractivity contribution is 6.04. The van der Waals surface area contributed by atoms with E-state index in [0.29, 0.717) is 18.8 Å². The van der Waals surface area contributed by atoms with Gasteiger partial charge in [0.25, 0.3) is 5.91 Å². The van der Waals surface area contributed by atoms with E-state index in [9.17, 15) is 9.90 Å². The van der Waals surface area contributed by atoms with Crippen LogP contribution in [-0.2, 0) is 9.47 Å². The third-order valence-corrected chi connectivity index (χ3v) is 3.29. The number of anilines is 1. The molecular formula is C16H16N2O4. The molecule has 3 rings (SSSR count). The van der Waals surface area contributed by atoms with E-state index in [2.05, 4.69) is 10.3 Å². The van der Waals surface area contributed by atoms with Crippen LogP contribution in [-0.4, -0.2) is 29.2 Å². The SMILES string of the molecule is O=C(Nc1ncccc1O)c1ccc(C2OCCCO2)cc1. The van der Waals surface area contributed by atoms with E-state index in [-0.39, 0.29) is 23.8 Å². The Labute approximate surface area is 127 Å². The van der Waals surface area contributed by atoms with Gasteiger partial charge in [-0.3, -0.25) is 4.79 Å². The first kappa shape index (κ1) is 14.5. The number of nitrogens with one attached hydrogen (secondary N) is 1. The number of benzene rings is 1. The molecule has 2 N–H and O–H groups in total. The van der Waals surface area contributed by atoms with Crippen LogP contribution >= 0.6 is 0 Å². The quantitative estimate of drug-likeness (QED) is 0.910. The minimum Gasteiger partial charge on any atom is -0.504 e. The summed E-state index contributed by atoms with van der Waals surface area (Å²) in [4.78, 5) is 16.0. The number of amides is 1. The number of rotatable bonds is 3. The number of carbonyl (C=O) groups excluding carboxylic acids is 1. The molecule has 1 aromatic heterocycles.